The van der Waals surface area contributed by atoms with E-state index < -0.39 is 0 Å². The number of pyridine rings is 1. The number of rotatable bonds is 1. The van der Waals surface area contributed by atoms with Gasteiger partial charge in [0.15, 0.2) is 0 Å². The van der Waals surface area contributed by atoms with Gasteiger partial charge in [0, 0.05) is 30.0 Å². The van der Waals surface area contributed by atoms with Crippen LogP contribution in [0.4, 0.5) is 11.5 Å². The third-order valence-electron chi connectivity index (χ3n) is 3.82. The summed E-state index contributed by atoms with van der Waals surface area (Å²) in [5, 5.41) is 9.26. The van der Waals surface area contributed by atoms with Crippen LogP contribution in [0.15, 0.2) is 42.7 Å². The molecule has 4 rings (SSSR count). The monoisotopic (exact) mass is 265 g/mol. The molecule has 2 aromatic heterocycles. The number of nitrogens with one attached hydrogen (secondary N) is 1. The van der Waals surface area contributed by atoms with E-state index in [1.165, 1.54) is 5.56 Å². The van der Waals surface area contributed by atoms with Crippen molar-refractivity contribution in [2.75, 3.05) is 17.6 Å². The van der Waals surface area contributed by atoms with Crippen molar-refractivity contribution in [3.8, 4) is 0 Å². The number of aromatic nitrogens is 3. The Morgan fingerprint density at radius 1 is 1.20 bits per heavy atom. The molecule has 0 bridgehead atoms. The number of benzene rings is 1. The van der Waals surface area contributed by atoms with Crippen molar-refractivity contribution in [3.63, 3.8) is 0 Å². The van der Waals surface area contributed by atoms with Crippen LogP contribution in [0.1, 0.15) is 18.0 Å². The number of anilines is 2. The third-order valence-corrected chi connectivity index (χ3v) is 3.82. The number of hydrogen-bond donors (Lipinski definition) is 2. The van der Waals surface area contributed by atoms with E-state index in [2.05, 4.69) is 27.1 Å². The highest BCUT2D eigenvalue weighted by Crippen LogP contribution is 2.34. The zero-order chi connectivity index (χ0) is 13.5. The van der Waals surface area contributed by atoms with Gasteiger partial charge in [0.2, 0.25) is 0 Å². The largest absolute Gasteiger partial charge is 0.399 e. The summed E-state index contributed by atoms with van der Waals surface area (Å²) in [7, 11) is 0. The van der Waals surface area contributed by atoms with Gasteiger partial charge in [0.25, 0.3) is 0 Å². The van der Waals surface area contributed by atoms with Gasteiger partial charge in [0.05, 0.1) is 11.6 Å². The molecule has 0 radical (unpaired) electrons. The Hall–Kier alpha value is -2.56. The Morgan fingerprint density at radius 2 is 2.05 bits per heavy atom. The normalized spacial score (nSPS) is 17.7. The lowest BCUT2D eigenvalue weighted by Crippen LogP contribution is -2.24. The lowest BCUT2D eigenvalue weighted by molar-refractivity contribution is 0.485. The van der Waals surface area contributed by atoms with E-state index >= 15 is 0 Å². The van der Waals surface area contributed by atoms with Crippen LogP contribution in [0, 0.1) is 0 Å². The minimum Gasteiger partial charge on any atom is -0.399 e. The average Bonchev–Trinajstić information content (AvgIpc) is 2.86. The van der Waals surface area contributed by atoms with Gasteiger partial charge in [0.1, 0.15) is 5.82 Å². The van der Waals surface area contributed by atoms with E-state index in [1.807, 2.05) is 30.6 Å². The van der Waals surface area contributed by atoms with Gasteiger partial charge in [-0.3, -0.25) is 4.98 Å². The number of fused-ring (bicyclic) bond motifs is 3. The molecule has 20 heavy (non-hydrogen) atoms. The van der Waals surface area contributed by atoms with Crippen molar-refractivity contribution in [1.29, 1.82) is 0 Å². The van der Waals surface area contributed by atoms with Crippen LogP contribution in [0.25, 0.3) is 10.9 Å². The van der Waals surface area contributed by atoms with Gasteiger partial charge in [-0.25, -0.2) is 4.68 Å². The summed E-state index contributed by atoms with van der Waals surface area (Å²) in [6.07, 6.45) is 4.68. The van der Waals surface area contributed by atoms with Crippen LogP contribution < -0.4 is 11.1 Å². The number of nitrogens with two attached hydrogens (primary N) is 1. The van der Waals surface area contributed by atoms with Gasteiger partial charge in [-0.1, -0.05) is 0 Å². The van der Waals surface area contributed by atoms with E-state index in [9.17, 15) is 0 Å². The summed E-state index contributed by atoms with van der Waals surface area (Å²) in [5.74, 6) is 1.06. The molecular formula is C15H15N5. The Kier molecular flexibility index (Phi) is 2.39. The zero-order valence-electron chi connectivity index (χ0n) is 11.0. The van der Waals surface area contributed by atoms with Crippen molar-refractivity contribution in [2.45, 2.75) is 12.5 Å². The molecule has 1 aliphatic rings. The highest BCUT2D eigenvalue weighted by molar-refractivity contribution is 5.92. The molecule has 0 spiro atoms. The summed E-state index contributed by atoms with van der Waals surface area (Å²) >= 11 is 0. The molecule has 0 saturated carbocycles. The highest BCUT2D eigenvalue weighted by atomic mass is 15.4. The first-order valence-electron chi connectivity index (χ1n) is 6.74. The van der Waals surface area contributed by atoms with E-state index in [0.717, 1.165) is 35.4 Å². The molecule has 1 aliphatic heterocycles. The molecule has 3 aromatic rings. The summed E-state index contributed by atoms with van der Waals surface area (Å²) < 4.78 is 2.07. The van der Waals surface area contributed by atoms with E-state index in [0.29, 0.717) is 0 Å². The van der Waals surface area contributed by atoms with Crippen LogP contribution in [0.5, 0.6) is 0 Å². The van der Waals surface area contributed by atoms with Gasteiger partial charge >= 0.3 is 0 Å². The van der Waals surface area contributed by atoms with Crippen LogP contribution in [-0.2, 0) is 0 Å². The Bertz CT molecular complexity index is 763. The van der Waals surface area contributed by atoms with E-state index in [4.69, 9.17) is 10.8 Å². The summed E-state index contributed by atoms with van der Waals surface area (Å²) in [5.41, 5.74) is 8.87. The molecule has 1 atom stereocenters. The van der Waals surface area contributed by atoms with E-state index in [-0.39, 0.29) is 6.04 Å². The minimum atomic E-state index is 0.253. The van der Waals surface area contributed by atoms with E-state index in [1.54, 1.807) is 0 Å². The molecule has 0 amide bonds. The second kappa shape index (κ2) is 4.23. The fraction of sp³-hybridized carbons (Fsp3) is 0.200. The van der Waals surface area contributed by atoms with Crippen molar-refractivity contribution in [3.05, 3.63) is 48.3 Å². The van der Waals surface area contributed by atoms with Crippen LogP contribution in [0.2, 0.25) is 0 Å². The maximum absolute atomic E-state index is 5.89. The van der Waals surface area contributed by atoms with Gasteiger partial charge in [-0.05, 0) is 42.3 Å². The summed E-state index contributed by atoms with van der Waals surface area (Å²) in [6.45, 7) is 0.933. The maximum Gasteiger partial charge on any atom is 0.133 e. The molecule has 3 N–H and O–H groups in total. The first kappa shape index (κ1) is 11.3. The molecular weight excluding hydrogens is 250 g/mol. The number of nitrogen functional groups attached to an aromatic ring is 1. The quantitative estimate of drug-likeness (QED) is 0.663. The van der Waals surface area contributed by atoms with Crippen molar-refractivity contribution < 1.29 is 0 Å². The topological polar surface area (TPSA) is 68.8 Å². The first-order valence-corrected chi connectivity index (χ1v) is 6.74. The molecule has 0 fully saturated rings. The standard InChI is InChI=1S/C15H15N5/c16-11-1-2-13-12(9-11)15-18-8-5-14(20(15)19-13)10-3-6-17-7-4-10/h1-4,6-7,9,14,18H,5,8,16H2. The molecule has 3 heterocycles. The number of nitrogens with zero attached hydrogens (tertiary/aromatic N) is 3. The molecule has 1 aromatic carbocycles. The van der Waals surface area contributed by atoms with Gasteiger partial charge < -0.3 is 11.1 Å². The molecule has 5 heteroatoms. The molecule has 0 aliphatic carbocycles. The Labute approximate surface area is 116 Å². The Balaban J connectivity index is 1.91. The lowest BCUT2D eigenvalue weighted by Gasteiger charge is -2.26. The predicted molar refractivity (Wildman–Crippen MR) is 79.6 cm³/mol. The van der Waals surface area contributed by atoms with Crippen molar-refractivity contribution in [2.24, 2.45) is 0 Å². The maximum atomic E-state index is 5.89. The number of hydrogen-bond acceptors (Lipinski definition) is 4. The summed E-state index contributed by atoms with van der Waals surface area (Å²) in [6, 6.07) is 10.2. The highest BCUT2D eigenvalue weighted by Gasteiger charge is 2.24. The second-order valence-electron chi connectivity index (χ2n) is 5.08. The smallest absolute Gasteiger partial charge is 0.133 e. The first-order chi connectivity index (χ1) is 9.83. The van der Waals surface area contributed by atoms with Crippen molar-refractivity contribution in [1.82, 2.24) is 14.8 Å². The summed E-state index contributed by atoms with van der Waals surface area (Å²) in [4.78, 5) is 4.09. The van der Waals surface area contributed by atoms with Gasteiger partial charge in [-0.15, -0.1) is 0 Å². The zero-order valence-corrected chi connectivity index (χ0v) is 11.0. The molecule has 1 unspecified atom stereocenters. The fourth-order valence-electron chi connectivity index (χ4n) is 2.86. The average molecular weight is 265 g/mol. The lowest BCUT2D eigenvalue weighted by atomic mass is 10.0. The minimum absolute atomic E-state index is 0.253. The van der Waals surface area contributed by atoms with Gasteiger partial charge in [-0.2, -0.15) is 5.10 Å². The van der Waals surface area contributed by atoms with Crippen LogP contribution in [0.3, 0.4) is 0 Å². The van der Waals surface area contributed by atoms with Crippen molar-refractivity contribution >= 4 is 22.4 Å². The third kappa shape index (κ3) is 1.63. The van der Waals surface area contributed by atoms with Crippen LogP contribution >= 0.6 is 0 Å². The predicted octanol–water partition coefficient (Wildman–Crippen LogP) is 2.42. The fourth-order valence-corrected chi connectivity index (χ4v) is 2.86. The SMILES string of the molecule is Nc1ccc2nn3c(c2c1)NCCC3c1ccncc1. The molecule has 0 saturated heterocycles. The molecule has 100 valence electrons. The molecule has 5 nitrogen and oxygen atoms in total. The second-order valence-corrected chi connectivity index (χ2v) is 5.08. The Morgan fingerprint density at radius 3 is 2.90 bits per heavy atom. The van der Waals surface area contributed by atoms with Crippen LogP contribution in [-0.4, -0.2) is 21.3 Å².